The lowest BCUT2D eigenvalue weighted by Crippen LogP contribution is -2.52. The molecule has 2 bridgehead atoms. The van der Waals surface area contributed by atoms with Gasteiger partial charge in [-0.25, -0.2) is 5.43 Å². The first-order chi connectivity index (χ1) is 11.1. The van der Waals surface area contributed by atoms with Gasteiger partial charge < -0.3 is 4.74 Å². The number of nitrogens with zero attached hydrogens (tertiary/aromatic N) is 1. The molecule has 3 rings (SSSR count). The monoisotopic (exact) mass is 328 g/mol. The molecule has 1 amide bonds. The summed E-state index contributed by atoms with van der Waals surface area (Å²) in [6.07, 6.45) is 1.19. The second-order valence-corrected chi connectivity index (χ2v) is 7.68. The van der Waals surface area contributed by atoms with E-state index in [4.69, 9.17) is 4.74 Å². The number of aryl methyl sites for hydroxylation is 1. The molecule has 1 saturated heterocycles. The summed E-state index contributed by atoms with van der Waals surface area (Å²) in [7, 11) is 0. The predicted octanol–water partition coefficient (Wildman–Crippen LogP) is 2.96. The highest BCUT2D eigenvalue weighted by Gasteiger charge is 2.75. The number of hydrazone groups is 1. The van der Waals surface area contributed by atoms with Crippen LogP contribution in [0.2, 0.25) is 0 Å². The summed E-state index contributed by atoms with van der Waals surface area (Å²) in [5.74, 6) is -0.623. The van der Waals surface area contributed by atoms with E-state index in [1.165, 1.54) is 5.56 Å². The second kappa shape index (κ2) is 5.16. The van der Waals surface area contributed by atoms with Crippen molar-refractivity contribution in [1.29, 1.82) is 0 Å². The van der Waals surface area contributed by atoms with E-state index in [0.29, 0.717) is 18.6 Å². The van der Waals surface area contributed by atoms with Gasteiger partial charge in [-0.2, -0.15) is 5.10 Å². The van der Waals surface area contributed by atoms with Crippen molar-refractivity contribution < 1.29 is 14.3 Å². The molecule has 1 aromatic rings. The van der Waals surface area contributed by atoms with Crippen LogP contribution in [0.25, 0.3) is 0 Å². The molecule has 1 saturated carbocycles. The minimum Gasteiger partial charge on any atom is -0.448 e. The highest BCUT2D eigenvalue weighted by atomic mass is 16.6. The predicted molar refractivity (Wildman–Crippen MR) is 91.5 cm³/mol. The van der Waals surface area contributed by atoms with Crippen molar-refractivity contribution in [2.24, 2.45) is 15.9 Å². The second-order valence-electron chi connectivity index (χ2n) is 7.68. The fraction of sp³-hybridized carbons (Fsp3) is 0.526. The van der Waals surface area contributed by atoms with Crippen LogP contribution < -0.4 is 5.43 Å². The summed E-state index contributed by atoms with van der Waals surface area (Å²) in [5, 5.41) is 4.22. The summed E-state index contributed by atoms with van der Waals surface area (Å²) in [6, 6.07) is 7.92. The van der Waals surface area contributed by atoms with E-state index in [1.807, 2.05) is 58.9 Å². The standard InChI is InChI=1S/C19H24N2O3/c1-12-6-8-14(9-7-12)13(2)20-21-15(22)19-11-10-18(5,16(23)24-19)17(19,3)4/h6-9H,10-11H2,1-5H3,(H,21,22)/b20-13+. The van der Waals surface area contributed by atoms with Gasteiger partial charge in [0.25, 0.3) is 5.91 Å². The zero-order valence-corrected chi connectivity index (χ0v) is 14.9. The smallest absolute Gasteiger partial charge is 0.313 e. The maximum atomic E-state index is 12.8. The number of amides is 1. The molecule has 0 radical (unpaired) electrons. The fourth-order valence-corrected chi connectivity index (χ4v) is 3.83. The van der Waals surface area contributed by atoms with Gasteiger partial charge in [0.05, 0.1) is 11.1 Å². The zero-order chi connectivity index (χ0) is 17.8. The van der Waals surface area contributed by atoms with E-state index in [0.717, 1.165) is 5.56 Å². The van der Waals surface area contributed by atoms with Gasteiger partial charge in [-0.05, 0) is 39.2 Å². The number of ether oxygens (including phenoxy) is 1. The van der Waals surface area contributed by atoms with Gasteiger partial charge in [0.2, 0.25) is 0 Å². The summed E-state index contributed by atoms with van der Waals surface area (Å²) >= 11 is 0. The number of carbonyl (C=O) groups is 2. The first-order valence-corrected chi connectivity index (χ1v) is 8.29. The van der Waals surface area contributed by atoms with E-state index in [1.54, 1.807) is 0 Å². The molecule has 24 heavy (non-hydrogen) atoms. The van der Waals surface area contributed by atoms with Crippen LogP contribution in [0.3, 0.4) is 0 Å². The number of nitrogens with one attached hydrogen (secondary N) is 1. The Bertz CT molecular complexity index is 735. The summed E-state index contributed by atoms with van der Waals surface area (Å²) in [6.45, 7) is 9.61. The van der Waals surface area contributed by atoms with Crippen LogP contribution >= 0.6 is 0 Å². The third kappa shape index (κ3) is 2.03. The lowest BCUT2D eigenvalue weighted by molar-refractivity contribution is -0.168. The fourth-order valence-electron chi connectivity index (χ4n) is 3.83. The molecule has 5 nitrogen and oxygen atoms in total. The van der Waals surface area contributed by atoms with Crippen LogP contribution in [0.5, 0.6) is 0 Å². The number of rotatable bonds is 3. The van der Waals surface area contributed by atoms with Crippen molar-refractivity contribution in [2.45, 2.75) is 53.1 Å². The van der Waals surface area contributed by atoms with Gasteiger partial charge in [-0.15, -0.1) is 0 Å². The van der Waals surface area contributed by atoms with E-state index in [2.05, 4.69) is 10.5 Å². The number of benzene rings is 1. The van der Waals surface area contributed by atoms with E-state index in [9.17, 15) is 9.59 Å². The van der Waals surface area contributed by atoms with Gasteiger partial charge in [0.15, 0.2) is 5.60 Å². The molecule has 2 aliphatic rings. The van der Waals surface area contributed by atoms with Gasteiger partial charge in [0, 0.05) is 5.41 Å². The Balaban J connectivity index is 1.82. The van der Waals surface area contributed by atoms with Crippen LogP contribution in [-0.2, 0) is 14.3 Å². The Morgan fingerprint density at radius 3 is 2.29 bits per heavy atom. The topological polar surface area (TPSA) is 67.8 Å². The first kappa shape index (κ1) is 16.7. The third-order valence-electron chi connectivity index (χ3n) is 6.24. The van der Waals surface area contributed by atoms with Crippen LogP contribution in [0.15, 0.2) is 29.4 Å². The van der Waals surface area contributed by atoms with Crippen LogP contribution in [0, 0.1) is 17.8 Å². The normalized spacial score (nSPS) is 31.0. The minimum atomic E-state index is -1.13. The van der Waals surface area contributed by atoms with Crippen molar-refractivity contribution in [1.82, 2.24) is 5.43 Å². The Hall–Kier alpha value is -2.17. The molecule has 0 aromatic heterocycles. The molecule has 2 unspecified atom stereocenters. The Kier molecular flexibility index (Phi) is 3.59. The van der Waals surface area contributed by atoms with Crippen molar-refractivity contribution in [2.75, 3.05) is 0 Å². The number of esters is 1. The molecule has 1 aromatic carbocycles. The van der Waals surface area contributed by atoms with Crippen LogP contribution in [0.4, 0.5) is 0 Å². The highest BCUT2D eigenvalue weighted by Crippen LogP contribution is 2.65. The van der Waals surface area contributed by atoms with Crippen molar-refractivity contribution in [3.05, 3.63) is 35.4 Å². The molecular formula is C19H24N2O3. The average Bonchev–Trinajstić information content (AvgIpc) is 2.83. The Morgan fingerprint density at radius 2 is 1.79 bits per heavy atom. The number of hydrogen-bond acceptors (Lipinski definition) is 4. The molecule has 0 spiro atoms. The van der Waals surface area contributed by atoms with Gasteiger partial charge in [-0.1, -0.05) is 43.7 Å². The van der Waals surface area contributed by atoms with Crippen molar-refractivity contribution in [3.63, 3.8) is 0 Å². The quantitative estimate of drug-likeness (QED) is 0.527. The first-order valence-electron chi connectivity index (χ1n) is 8.29. The molecule has 1 aliphatic heterocycles. The van der Waals surface area contributed by atoms with Gasteiger partial charge in [0.1, 0.15) is 0 Å². The molecule has 1 N–H and O–H groups in total. The number of fused-ring (bicyclic) bond motifs is 2. The molecule has 5 heteroatoms. The van der Waals surface area contributed by atoms with Crippen LogP contribution in [0.1, 0.15) is 51.7 Å². The SMILES string of the molecule is C/C(=N\NC(=O)C12CCC(C)(C(=O)O1)C2(C)C)c1ccc(C)cc1. The maximum Gasteiger partial charge on any atom is 0.313 e. The Morgan fingerprint density at radius 1 is 1.17 bits per heavy atom. The van der Waals surface area contributed by atoms with Gasteiger partial charge in [-0.3, -0.25) is 9.59 Å². The highest BCUT2D eigenvalue weighted by molar-refractivity contribution is 6.00. The van der Waals surface area contributed by atoms with Gasteiger partial charge >= 0.3 is 5.97 Å². The minimum absolute atomic E-state index is 0.284. The maximum absolute atomic E-state index is 12.8. The van der Waals surface area contributed by atoms with E-state index in [-0.39, 0.29) is 11.9 Å². The molecule has 2 atom stereocenters. The largest absolute Gasteiger partial charge is 0.448 e. The Labute approximate surface area is 142 Å². The van der Waals surface area contributed by atoms with Crippen molar-refractivity contribution >= 4 is 17.6 Å². The van der Waals surface area contributed by atoms with Crippen molar-refractivity contribution in [3.8, 4) is 0 Å². The molecule has 1 heterocycles. The summed E-state index contributed by atoms with van der Waals surface area (Å²) < 4.78 is 5.56. The molecule has 1 aliphatic carbocycles. The number of hydrogen-bond donors (Lipinski definition) is 1. The molecule has 2 fully saturated rings. The zero-order valence-electron chi connectivity index (χ0n) is 14.9. The van der Waals surface area contributed by atoms with E-state index >= 15 is 0 Å². The lowest BCUT2D eigenvalue weighted by atomic mass is 9.66. The molecular weight excluding hydrogens is 304 g/mol. The third-order valence-corrected chi connectivity index (χ3v) is 6.24. The molecule has 128 valence electrons. The average molecular weight is 328 g/mol. The lowest BCUT2D eigenvalue weighted by Gasteiger charge is -2.34. The summed E-state index contributed by atoms with van der Waals surface area (Å²) in [5.41, 5.74) is 3.14. The van der Waals surface area contributed by atoms with Crippen LogP contribution in [-0.4, -0.2) is 23.2 Å². The van der Waals surface area contributed by atoms with E-state index < -0.39 is 16.4 Å². The number of carbonyl (C=O) groups excluding carboxylic acids is 2. The summed E-state index contributed by atoms with van der Waals surface area (Å²) in [4.78, 5) is 25.1.